The van der Waals surface area contributed by atoms with Crippen molar-refractivity contribution < 1.29 is 9.90 Å². The summed E-state index contributed by atoms with van der Waals surface area (Å²) < 4.78 is 0. The average Bonchev–Trinajstić information content (AvgIpc) is 2.46. The molecule has 1 aliphatic carbocycles. The SMILES string of the molecule is CC1(CC(=O)O)CCC(c2ccnc3ccncc23)CC1. The highest BCUT2D eigenvalue weighted by Crippen LogP contribution is 2.45. The minimum absolute atomic E-state index is 0.0522. The van der Waals surface area contributed by atoms with Crippen LogP contribution in [0.2, 0.25) is 0 Å². The zero-order valence-corrected chi connectivity index (χ0v) is 12.2. The van der Waals surface area contributed by atoms with Crippen LogP contribution in [0.15, 0.2) is 30.7 Å². The maximum absolute atomic E-state index is 11.0. The first kappa shape index (κ1) is 14.0. The summed E-state index contributed by atoms with van der Waals surface area (Å²) >= 11 is 0. The number of aliphatic carboxylic acids is 1. The van der Waals surface area contributed by atoms with Crippen molar-refractivity contribution in [2.24, 2.45) is 5.41 Å². The summed E-state index contributed by atoms with van der Waals surface area (Å²) in [6.07, 6.45) is 9.81. The van der Waals surface area contributed by atoms with Crippen LogP contribution in [0.25, 0.3) is 10.9 Å². The summed E-state index contributed by atoms with van der Waals surface area (Å²) in [6.45, 7) is 2.10. The van der Waals surface area contributed by atoms with Crippen molar-refractivity contribution >= 4 is 16.9 Å². The number of hydrogen-bond donors (Lipinski definition) is 1. The maximum atomic E-state index is 11.0. The first-order valence-electron chi connectivity index (χ1n) is 7.48. The Kier molecular flexibility index (Phi) is 3.62. The van der Waals surface area contributed by atoms with Crippen molar-refractivity contribution in [3.63, 3.8) is 0 Å². The Bertz CT molecular complexity index is 655. The zero-order chi connectivity index (χ0) is 14.9. The van der Waals surface area contributed by atoms with Crippen LogP contribution in [0.3, 0.4) is 0 Å². The van der Waals surface area contributed by atoms with Gasteiger partial charge in [0.2, 0.25) is 0 Å². The van der Waals surface area contributed by atoms with E-state index in [-0.39, 0.29) is 11.8 Å². The molecule has 4 nitrogen and oxygen atoms in total. The zero-order valence-electron chi connectivity index (χ0n) is 12.2. The molecule has 2 aromatic rings. The highest BCUT2D eigenvalue weighted by Gasteiger charge is 2.33. The second-order valence-electron chi connectivity index (χ2n) is 6.45. The maximum Gasteiger partial charge on any atom is 0.303 e. The smallest absolute Gasteiger partial charge is 0.303 e. The third-order valence-corrected chi connectivity index (χ3v) is 4.79. The molecule has 0 atom stereocenters. The quantitative estimate of drug-likeness (QED) is 0.932. The van der Waals surface area contributed by atoms with Crippen LogP contribution < -0.4 is 0 Å². The van der Waals surface area contributed by atoms with Crippen LogP contribution in [0.5, 0.6) is 0 Å². The summed E-state index contributed by atoms with van der Waals surface area (Å²) in [6, 6.07) is 4.03. The molecule has 3 rings (SSSR count). The molecule has 21 heavy (non-hydrogen) atoms. The van der Waals surface area contributed by atoms with E-state index in [2.05, 4.69) is 23.0 Å². The van der Waals surface area contributed by atoms with Gasteiger partial charge in [-0.25, -0.2) is 0 Å². The number of carboxylic acid groups (broad SMARTS) is 1. The summed E-state index contributed by atoms with van der Waals surface area (Å²) in [4.78, 5) is 19.6. The van der Waals surface area contributed by atoms with Gasteiger partial charge in [0.05, 0.1) is 11.9 Å². The Morgan fingerprint density at radius 2 is 2.10 bits per heavy atom. The Labute approximate surface area is 124 Å². The van der Waals surface area contributed by atoms with Crippen LogP contribution in [0.1, 0.15) is 50.5 Å². The lowest BCUT2D eigenvalue weighted by molar-refractivity contribution is -0.140. The van der Waals surface area contributed by atoms with Gasteiger partial charge in [-0.15, -0.1) is 0 Å². The Morgan fingerprint density at radius 1 is 1.33 bits per heavy atom. The minimum atomic E-state index is -0.686. The highest BCUT2D eigenvalue weighted by atomic mass is 16.4. The third-order valence-electron chi connectivity index (χ3n) is 4.79. The van der Waals surface area contributed by atoms with E-state index in [4.69, 9.17) is 5.11 Å². The minimum Gasteiger partial charge on any atom is -0.481 e. The van der Waals surface area contributed by atoms with Gasteiger partial charge in [0.15, 0.2) is 0 Å². The number of pyridine rings is 2. The number of nitrogens with zero attached hydrogens (tertiary/aromatic N) is 2. The van der Waals surface area contributed by atoms with E-state index in [0.29, 0.717) is 5.92 Å². The molecule has 2 aromatic heterocycles. The fourth-order valence-corrected chi connectivity index (χ4v) is 3.53. The number of carboxylic acids is 1. The number of rotatable bonds is 3. The topological polar surface area (TPSA) is 63.1 Å². The standard InChI is InChI=1S/C17H20N2O2/c1-17(10-16(20)21)6-2-12(3-7-17)13-4-9-19-15-5-8-18-11-14(13)15/h4-5,8-9,11-12H,2-3,6-7,10H2,1H3,(H,20,21). The summed E-state index contributed by atoms with van der Waals surface area (Å²) in [7, 11) is 0. The van der Waals surface area contributed by atoms with Gasteiger partial charge < -0.3 is 5.11 Å². The number of aromatic nitrogens is 2. The molecule has 0 aliphatic heterocycles. The largest absolute Gasteiger partial charge is 0.481 e. The lowest BCUT2D eigenvalue weighted by Crippen LogP contribution is -2.26. The fraction of sp³-hybridized carbons (Fsp3) is 0.471. The molecule has 0 saturated heterocycles. The van der Waals surface area contributed by atoms with Crippen LogP contribution in [0, 0.1) is 5.41 Å². The Morgan fingerprint density at radius 3 is 2.81 bits per heavy atom. The van der Waals surface area contributed by atoms with Gasteiger partial charge in [-0.1, -0.05) is 6.92 Å². The molecule has 0 amide bonds. The van der Waals surface area contributed by atoms with E-state index < -0.39 is 5.97 Å². The van der Waals surface area contributed by atoms with Crippen molar-refractivity contribution in [3.8, 4) is 0 Å². The molecule has 2 heterocycles. The van der Waals surface area contributed by atoms with E-state index in [0.717, 1.165) is 36.6 Å². The van der Waals surface area contributed by atoms with Crippen LogP contribution in [-0.2, 0) is 4.79 Å². The number of carbonyl (C=O) groups is 1. The molecule has 4 heteroatoms. The van der Waals surface area contributed by atoms with Gasteiger partial charge in [-0.2, -0.15) is 0 Å². The molecule has 0 unspecified atom stereocenters. The number of hydrogen-bond acceptors (Lipinski definition) is 3. The highest BCUT2D eigenvalue weighted by molar-refractivity contribution is 5.81. The van der Waals surface area contributed by atoms with E-state index in [1.54, 1.807) is 6.20 Å². The lowest BCUT2D eigenvalue weighted by atomic mass is 9.68. The number of fused-ring (bicyclic) bond motifs is 1. The predicted octanol–water partition coefficient (Wildman–Crippen LogP) is 3.77. The van der Waals surface area contributed by atoms with E-state index >= 15 is 0 Å². The van der Waals surface area contributed by atoms with Crippen molar-refractivity contribution in [3.05, 3.63) is 36.3 Å². The molecule has 1 saturated carbocycles. The van der Waals surface area contributed by atoms with Gasteiger partial charge in [0, 0.05) is 24.0 Å². The van der Waals surface area contributed by atoms with Gasteiger partial charge in [0.25, 0.3) is 0 Å². The van der Waals surface area contributed by atoms with Crippen molar-refractivity contribution in [1.82, 2.24) is 9.97 Å². The predicted molar refractivity (Wildman–Crippen MR) is 81.1 cm³/mol. The van der Waals surface area contributed by atoms with E-state index in [1.807, 2.05) is 18.5 Å². The van der Waals surface area contributed by atoms with Crippen LogP contribution in [0.4, 0.5) is 0 Å². The van der Waals surface area contributed by atoms with Gasteiger partial charge in [0.1, 0.15) is 0 Å². The first-order valence-corrected chi connectivity index (χ1v) is 7.48. The molecule has 0 radical (unpaired) electrons. The molecule has 1 N–H and O–H groups in total. The molecule has 1 fully saturated rings. The molecular formula is C17H20N2O2. The van der Waals surface area contributed by atoms with Gasteiger partial charge in [-0.05, 0) is 54.7 Å². The monoisotopic (exact) mass is 284 g/mol. The lowest BCUT2D eigenvalue weighted by Gasteiger charge is -2.36. The van der Waals surface area contributed by atoms with Gasteiger partial charge >= 0.3 is 5.97 Å². The third kappa shape index (κ3) is 2.89. The van der Waals surface area contributed by atoms with E-state index in [1.165, 1.54) is 5.56 Å². The molecule has 0 spiro atoms. The van der Waals surface area contributed by atoms with Gasteiger partial charge in [-0.3, -0.25) is 14.8 Å². The molecule has 1 aliphatic rings. The van der Waals surface area contributed by atoms with Crippen LogP contribution in [-0.4, -0.2) is 21.0 Å². The van der Waals surface area contributed by atoms with Crippen molar-refractivity contribution in [2.45, 2.75) is 44.9 Å². The first-order chi connectivity index (χ1) is 10.1. The summed E-state index contributed by atoms with van der Waals surface area (Å²) in [5.74, 6) is -0.198. The molecular weight excluding hydrogens is 264 g/mol. The molecule has 0 aromatic carbocycles. The summed E-state index contributed by atoms with van der Waals surface area (Å²) in [5, 5.41) is 10.2. The van der Waals surface area contributed by atoms with Crippen molar-refractivity contribution in [1.29, 1.82) is 0 Å². The molecule has 110 valence electrons. The Balaban J connectivity index is 1.81. The fourth-order valence-electron chi connectivity index (χ4n) is 3.53. The second-order valence-corrected chi connectivity index (χ2v) is 6.45. The van der Waals surface area contributed by atoms with E-state index in [9.17, 15) is 4.79 Å². The second kappa shape index (κ2) is 5.43. The van der Waals surface area contributed by atoms with Crippen molar-refractivity contribution in [2.75, 3.05) is 0 Å². The Hall–Kier alpha value is -1.97. The normalized spacial score (nSPS) is 25.9. The summed E-state index contributed by atoms with van der Waals surface area (Å²) in [5.41, 5.74) is 2.25. The van der Waals surface area contributed by atoms with Crippen LogP contribution >= 0.6 is 0 Å². The average molecular weight is 284 g/mol. The molecule has 0 bridgehead atoms.